The number of thiazole rings is 1. The molecule has 0 aliphatic carbocycles. The number of ether oxygens (including phenoxy) is 2. The summed E-state index contributed by atoms with van der Waals surface area (Å²) in [6.07, 6.45) is 0.0784. The summed E-state index contributed by atoms with van der Waals surface area (Å²) in [5.74, 6) is 0.513. The number of aromatic nitrogens is 1. The van der Waals surface area contributed by atoms with Crippen molar-refractivity contribution in [1.82, 2.24) is 4.98 Å². The van der Waals surface area contributed by atoms with E-state index in [0.29, 0.717) is 24.7 Å². The lowest BCUT2D eigenvalue weighted by Crippen LogP contribution is -2.07. The van der Waals surface area contributed by atoms with E-state index in [1.54, 1.807) is 11.3 Å². The van der Waals surface area contributed by atoms with Gasteiger partial charge in [0.2, 0.25) is 0 Å². The highest BCUT2D eigenvalue weighted by molar-refractivity contribution is 7.15. The third-order valence-corrected chi connectivity index (χ3v) is 5.99. The van der Waals surface area contributed by atoms with Gasteiger partial charge in [-0.05, 0) is 26.0 Å². The molecule has 1 aliphatic rings. The number of nitrogens with zero attached hydrogens (tertiary/aromatic N) is 1. The van der Waals surface area contributed by atoms with Gasteiger partial charge < -0.3 is 14.6 Å². The predicted molar refractivity (Wildman–Crippen MR) is 108 cm³/mol. The lowest BCUT2D eigenvalue weighted by molar-refractivity contribution is -0.137. The molecular weight excluding hydrogens is 374 g/mol. The van der Waals surface area contributed by atoms with Gasteiger partial charge in [0, 0.05) is 23.1 Å². The maximum absolute atomic E-state index is 11.0. The third-order valence-electron chi connectivity index (χ3n) is 4.81. The highest BCUT2D eigenvalue weighted by atomic mass is 32.1. The van der Waals surface area contributed by atoms with Crippen molar-refractivity contribution in [2.75, 3.05) is 6.61 Å². The van der Waals surface area contributed by atoms with Crippen LogP contribution in [-0.2, 0) is 11.4 Å². The Kier molecular flexibility index (Phi) is 5.05. The molecule has 0 bridgehead atoms. The SMILES string of the molecule is Cc1cccc(-c2nc(C)c(COc3ccc4c(c3)OCC4CC(=O)O)s2)c1. The molecule has 5 nitrogen and oxygen atoms in total. The second-order valence-corrected chi connectivity index (χ2v) is 8.07. The lowest BCUT2D eigenvalue weighted by atomic mass is 9.98. The van der Waals surface area contributed by atoms with Crippen LogP contribution in [0.3, 0.4) is 0 Å². The number of benzene rings is 2. The summed E-state index contributed by atoms with van der Waals surface area (Å²) in [6.45, 7) is 4.91. The van der Waals surface area contributed by atoms with E-state index in [0.717, 1.165) is 26.7 Å². The quantitative estimate of drug-likeness (QED) is 0.639. The molecule has 2 heterocycles. The average Bonchev–Trinajstić information content (AvgIpc) is 3.23. The van der Waals surface area contributed by atoms with E-state index in [4.69, 9.17) is 14.6 Å². The summed E-state index contributed by atoms with van der Waals surface area (Å²) in [4.78, 5) is 16.7. The molecule has 0 saturated carbocycles. The van der Waals surface area contributed by atoms with Crippen LogP contribution in [0.2, 0.25) is 0 Å². The number of carboxylic acid groups (broad SMARTS) is 1. The first kappa shape index (κ1) is 18.5. The standard InChI is InChI=1S/C22H21NO4S/c1-13-4-3-5-15(8-13)22-23-14(2)20(28-22)12-26-17-6-7-18-16(9-21(24)25)11-27-19(18)10-17/h3-8,10,16H,9,11-12H2,1-2H3,(H,24,25). The minimum absolute atomic E-state index is 0.0784. The number of hydrogen-bond donors (Lipinski definition) is 1. The molecule has 0 radical (unpaired) electrons. The molecule has 1 aliphatic heterocycles. The molecule has 3 aromatic rings. The molecule has 28 heavy (non-hydrogen) atoms. The summed E-state index contributed by atoms with van der Waals surface area (Å²) in [7, 11) is 0. The van der Waals surface area contributed by atoms with Crippen molar-refractivity contribution < 1.29 is 19.4 Å². The molecule has 4 rings (SSSR count). The van der Waals surface area contributed by atoms with Gasteiger partial charge in [-0.3, -0.25) is 4.79 Å². The highest BCUT2D eigenvalue weighted by Gasteiger charge is 2.26. The minimum atomic E-state index is -0.813. The molecule has 1 aromatic heterocycles. The van der Waals surface area contributed by atoms with Crippen molar-refractivity contribution in [3.05, 3.63) is 64.2 Å². The lowest BCUT2D eigenvalue weighted by Gasteiger charge is -2.08. The van der Waals surface area contributed by atoms with E-state index in [1.807, 2.05) is 31.2 Å². The van der Waals surface area contributed by atoms with Crippen molar-refractivity contribution in [1.29, 1.82) is 0 Å². The largest absolute Gasteiger partial charge is 0.492 e. The zero-order chi connectivity index (χ0) is 19.7. The van der Waals surface area contributed by atoms with Gasteiger partial charge in [0.1, 0.15) is 23.1 Å². The summed E-state index contributed by atoms with van der Waals surface area (Å²) >= 11 is 1.64. The Hall–Kier alpha value is -2.86. The van der Waals surface area contributed by atoms with Crippen LogP contribution in [-0.4, -0.2) is 22.7 Å². The third kappa shape index (κ3) is 3.87. The molecule has 0 amide bonds. The van der Waals surface area contributed by atoms with Crippen LogP contribution >= 0.6 is 11.3 Å². The molecule has 0 fully saturated rings. The van der Waals surface area contributed by atoms with Crippen LogP contribution in [0.1, 0.15) is 34.0 Å². The van der Waals surface area contributed by atoms with Crippen LogP contribution in [0.25, 0.3) is 10.6 Å². The van der Waals surface area contributed by atoms with Crippen molar-refractivity contribution in [3.8, 4) is 22.1 Å². The number of aryl methyl sites for hydroxylation is 2. The number of fused-ring (bicyclic) bond motifs is 1. The number of rotatable bonds is 6. The second kappa shape index (κ2) is 7.64. The zero-order valence-corrected chi connectivity index (χ0v) is 16.6. The fourth-order valence-electron chi connectivity index (χ4n) is 3.34. The number of carbonyl (C=O) groups is 1. The smallest absolute Gasteiger partial charge is 0.304 e. The predicted octanol–water partition coefficient (Wildman–Crippen LogP) is 4.96. The Bertz CT molecular complexity index is 1030. The van der Waals surface area contributed by atoms with Crippen LogP contribution in [0.15, 0.2) is 42.5 Å². The van der Waals surface area contributed by atoms with Gasteiger partial charge in [0.05, 0.1) is 23.6 Å². The Morgan fingerprint density at radius 1 is 1.29 bits per heavy atom. The van der Waals surface area contributed by atoms with Gasteiger partial charge in [-0.2, -0.15) is 0 Å². The van der Waals surface area contributed by atoms with Crippen LogP contribution in [0.5, 0.6) is 11.5 Å². The second-order valence-electron chi connectivity index (χ2n) is 6.99. The first-order chi connectivity index (χ1) is 13.5. The maximum atomic E-state index is 11.0. The van der Waals surface area contributed by atoms with E-state index in [2.05, 4.69) is 30.1 Å². The first-order valence-corrected chi connectivity index (χ1v) is 9.96. The van der Waals surface area contributed by atoms with Gasteiger partial charge in [0.15, 0.2) is 0 Å². The van der Waals surface area contributed by atoms with Crippen molar-refractivity contribution >= 4 is 17.3 Å². The molecule has 1 atom stereocenters. The molecular formula is C22H21NO4S. The Balaban J connectivity index is 1.46. The molecule has 0 saturated heterocycles. The molecule has 144 valence electrons. The fourth-order valence-corrected chi connectivity index (χ4v) is 4.31. The monoisotopic (exact) mass is 395 g/mol. The molecule has 1 unspecified atom stereocenters. The number of carboxylic acids is 1. The Morgan fingerprint density at radius 2 is 2.14 bits per heavy atom. The Morgan fingerprint density at radius 3 is 2.93 bits per heavy atom. The topological polar surface area (TPSA) is 68.7 Å². The van der Waals surface area contributed by atoms with Crippen molar-refractivity contribution in [2.24, 2.45) is 0 Å². The van der Waals surface area contributed by atoms with Gasteiger partial charge in [-0.1, -0.05) is 29.8 Å². The zero-order valence-electron chi connectivity index (χ0n) is 15.8. The summed E-state index contributed by atoms with van der Waals surface area (Å²) < 4.78 is 11.6. The van der Waals surface area contributed by atoms with E-state index in [9.17, 15) is 4.79 Å². The highest BCUT2D eigenvalue weighted by Crippen LogP contribution is 2.38. The average molecular weight is 395 g/mol. The van der Waals surface area contributed by atoms with Crippen LogP contribution in [0.4, 0.5) is 0 Å². The summed E-state index contributed by atoms with van der Waals surface area (Å²) in [5, 5.41) is 10.00. The Labute approximate surface area is 167 Å². The van der Waals surface area contributed by atoms with Crippen LogP contribution < -0.4 is 9.47 Å². The van der Waals surface area contributed by atoms with Gasteiger partial charge in [-0.25, -0.2) is 4.98 Å². The van der Waals surface area contributed by atoms with Crippen molar-refractivity contribution in [2.45, 2.75) is 32.8 Å². The fraction of sp³-hybridized carbons (Fsp3) is 0.273. The number of aliphatic carboxylic acids is 1. The maximum Gasteiger partial charge on any atom is 0.304 e. The minimum Gasteiger partial charge on any atom is -0.492 e. The van der Waals surface area contributed by atoms with Gasteiger partial charge in [0.25, 0.3) is 0 Å². The molecule has 6 heteroatoms. The van der Waals surface area contributed by atoms with E-state index in [1.165, 1.54) is 5.56 Å². The summed E-state index contributed by atoms with van der Waals surface area (Å²) in [5.41, 5.74) is 4.24. The normalized spacial score (nSPS) is 15.1. The first-order valence-electron chi connectivity index (χ1n) is 9.14. The van der Waals surface area contributed by atoms with Gasteiger partial charge >= 0.3 is 5.97 Å². The molecule has 1 N–H and O–H groups in total. The van der Waals surface area contributed by atoms with Crippen molar-refractivity contribution in [3.63, 3.8) is 0 Å². The van der Waals surface area contributed by atoms with E-state index in [-0.39, 0.29) is 12.3 Å². The van der Waals surface area contributed by atoms with E-state index >= 15 is 0 Å². The number of hydrogen-bond acceptors (Lipinski definition) is 5. The van der Waals surface area contributed by atoms with Gasteiger partial charge in [-0.15, -0.1) is 11.3 Å². The molecule has 2 aromatic carbocycles. The molecule has 0 spiro atoms. The van der Waals surface area contributed by atoms with E-state index < -0.39 is 5.97 Å². The summed E-state index contributed by atoms with van der Waals surface area (Å²) in [6, 6.07) is 13.9. The van der Waals surface area contributed by atoms with Crippen LogP contribution in [0, 0.1) is 13.8 Å².